The highest BCUT2D eigenvalue weighted by Gasteiger charge is 2.11. The molecule has 1 heterocycles. The summed E-state index contributed by atoms with van der Waals surface area (Å²) in [4.78, 5) is 11.7. The van der Waals surface area contributed by atoms with Crippen molar-refractivity contribution in [1.82, 2.24) is 15.1 Å². The number of amides is 2. The third kappa shape index (κ3) is 4.13. The van der Waals surface area contributed by atoms with Crippen molar-refractivity contribution < 1.29 is 9.90 Å². The van der Waals surface area contributed by atoms with Gasteiger partial charge in [-0.25, -0.2) is 9.48 Å². The molecular formula is C14H16Cl2N4O2. The molecule has 1 aromatic carbocycles. The van der Waals surface area contributed by atoms with Crippen molar-refractivity contribution in [2.75, 3.05) is 18.5 Å². The summed E-state index contributed by atoms with van der Waals surface area (Å²) in [6.45, 7) is 2.28. The van der Waals surface area contributed by atoms with Crippen LogP contribution >= 0.6 is 23.2 Å². The van der Waals surface area contributed by atoms with Crippen LogP contribution in [0.15, 0.2) is 24.3 Å². The molecule has 0 bridgehead atoms. The normalized spacial score (nSPS) is 10.5. The van der Waals surface area contributed by atoms with E-state index in [1.54, 1.807) is 28.9 Å². The maximum atomic E-state index is 11.7. The topological polar surface area (TPSA) is 79.2 Å². The van der Waals surface area contributed by atoms with Crippen molar-refractivity contribution in [2.24, 2.45) is 0 Å². The molecule has 0 radical (unpaired) electrons. The van der Waals surface area contributed by atoms with E-state index >= 15 is 0 Å². The molecule has 1 aromatic heterocycles. The van der Waals surface area contributed by atoms with Gasteiger partial charge < -0.3 is 10.4 Å². The molecule has 0 atom stereocenters. The number of halogens is 2. The number of aliphatic hydroxyl groups is 1. The Kier molecular flexibility index (Phi) is 5.65. The van der Waals surface area contributed by atoms with Crippen molar-refractivity contribution in [3.8, 4) is 5.69 Å². The third-order valence-electron chi connectivity index (χ3n) is 2.89. The van der Waals surface area contributed by atoms with Gasteiger partial charge in [0.25, 0.3) is 0 Å². The number of aryl methyl sites for hydroxylation is 1. The Morgan fingerprint density at radius 1 is 1.36 bits per heavy atom. The number of nitrogens with one attached hydrogen (secondary N) is 2. The predicted molar refractivity (Wildman–Crippen MR) is 87.0 cm³/mol. The first-order chi connectivity index (χ1) is 10.5. The summed E-state index contributed by atoms with van der Waals surface area (Å²) in [6, 6.07) is 6.47. The Morgan fingerprint density at radius 2 is 2.14 bits per heavy atom. The fraction of sp³-hybridized carbons (Fsp3) is 0.286. The van der Waals surface area contributed by atoms with Crippen molar-refractivity contribution in [1.29, 1.82) is 0 Å². The summed E-state index contributed by atoms with van der Waals surface area (Å²) in [5.41, 5.74) is 1.49. The number of aromatic nitrogens is 2. The molecule has 0 aliphatic heterocycles. The monoisotopic (exact) mass is 342 g/mol. The van der Waals surface area contributed by atoms with E-state index in [0.29, 0.717) is 34.5 Å². The van der Waals surface area contributed by atoms with Crippen LogP contribution in [-0.2, 0) is 0 Å². The van der Waals surface area contributed by atoms with Gasteiger partial charge in [-0.2, -0.15) is 0 Å². The zero-order valence-corrected chi connectivity index (χ0v) is 13.4. The van der Waals surface area contributed by atoms with Gasteiger partial charge in [0.05, 0.1) is 10.7 Å². The Bertz CT molecular complexity index is 673. The maximum absolute atomic E-state index is 11.7. The van der Waals surface area contributed by atoms with Gasteiger partial charge in [-0.15, -0.1) is 5.10 Å². The highest BCUT2D eigenvalue weighted by atomic mass is 35.5. The number of urea groups is 1. The summed E-state index contributed by atoms with van der Waals surface area (Å²) < 4.78 is 1.63. The maximum Gasteiger partial charge on any atom is 0.320 e. The van der Waals surface area contributed by atoms with Gasteiger partial charge in [0.15, 0.2) is 5.82 Å². The van der Waals surface area contributed by atoms with Crippen LogP contribution in [0.5, 0.6) is 0 Å². The lowest BCUT2D eigenvalue weighted by Crippen LogP contribution is -2.30. The SMILES string of the molecule is Cc1cc(NC(=O)NCCCO)nn1-c1ccc(Cl)cc1Cl. The van der Waals surface area contributed by atoms with Crippen LogP contribution in [0.1, 0.15) is 12.1 Å². The number of hydrogen-bond donors (Lipinski definition) is 3. The molecular weight excluding hydrogens is 327 g/mol. The molecule has 0 fully saturated rings. The Labute approximate surface area is 138 Å². The van der Waals surface area contributed by atoms with E-state index in [1.165, 1.54) is 0 Å². The van der Waals surface area contributed by atoms with Gasteiger partial charge in [0.1, 0.15) is 0 Å². The first kappa shape index (κ1) is 16.6. The molecule has 2 aromatic rings. The summed E-state index contributed by atoms with van der Waals surface area (Å²) in [7, 11) is 0. The molecule has 2 rings (SSSR count). The van der Waals surface area contributed by atoms with Crippen LogP contribution in [-0.4, -0.2) is 34.1 Å². The summed E-state index contributed by atoms with van der Waals surface area (Å²) in [6.07, 6.45) is 0.501. The van der Waals surface area contributed by atoms with Crippen molar-refractivity contribution in [3.63, 3.8) is 0 Å². The first-order valence-corrected chi connectivity index (χ1v) is 7.44. The van der Waals surface area contributed by atoms with Gasteiger partial charge in [-0.1, -0.05) is 23.2 Å². The van der Waals surface area contributed by atoms with E-state index in [-0.39, 0.29) is 12.6 Å². The number of carbonyl (C=O) groups is 1. The lowest BCUT2D eigenvalue weighted by molar-refractivity contribution is 0.248. The van der Waals surface area contributed by atoms with Gasteiger partial charge >= 0.3 is 6.03 Å². The van der Waals surface area contributed by atoms with E-state index in [4.69, 9.17) is 28.3 Å². The molecule has 22 heavy (non-hydrogen) atoms. The number of carbonyl (C=O) groups excluding carboxylic acids is 1. The molecule has 2 amide bonds. The van der Waals surface area contributed by atoms with Gasteiger partial charge in [-0.05, 0) is 31.5 Å². The van der Waals surface area contributed by atoms with E-state index in [9.17, 15) is 4.79 Å². The van der Waals surface area contributed by atoms with Crippen LogP contribution in [0.25, 0.3) is 5.69 Å². The predicted octanol–water partition coefficient (Wildman–Crippen LogP) is 2.99. The first-order valence-electron chi connectivity index (χ1n) is 6.69. The second-order valence-electron chi connectivity index (χ2n) is 4.64. The average Bonchev–Trinajstić information content (AvgIpc) is 2.79. The molecule has 0 aliphatic carbocycles. The van der Waals surface area contributed by atoms with Crippen molar-refractivity contribution >= 4 is 35.1 Å². The van der Waals surface area contributed by atoms with Gasteiger partial charge in [-0.3, -0.25) is 5.32 Å². The smallest absolute Gasteiger partial charge is 0.320 e. The van der Waals surface area contributed by atoms with Crippen LogP contribution in [0.3, 0.4) is 0 Å². The molecule has 0 aliphatic rings. The fourth-order valence-corrected chi connectivity index (χ4v) is 2.36. The average molecular weight is 343 g/mol. The lowest BCUT2D eigenvalue weighted by Gasteiger charge is -2.07. The summed E-state index contributed by atoms with van der Waals surface area (Å²) in [5.74, 6) is 0.407. The van der Waals surface area contributed by atoms with Crippen molar-refractivity contribution in [3.05, 3.63) is 40.0 Å². The number of hydrogen-bond acceptors (Lipinski definition) is 3. The van der Waals surface area contributed by atoms with Gasteiger partial charge in [0, 0.05) is 29.9 Å². The number of aliphatic hydroxyl groups excluding tert-OH is 1. The van der Waals surface area contributed by atoms with E-state index in [0.717, 1.165) is 5.69 Å². The van der Waals surface area contributed by atoms with E-state index in [2.05, 4.69) is 15.7 Å². The standard InChI is InChI=1S/C14H16Cl2N4O2/c1-9-7-13(18-14(22)17-5-2-6-21)19-20(9)12-4-3-10(15)8-11(12)16/h3-4,7-8,21H,2,5-6H2,1H3,(H2,17,18,19,22). The van der Waals surface area contributed by atoms with Crippen LogP contribution in [0, 0.1) is 6.92 Å². The number of rotatable bonds is 5. The zero-order valence-electron chi connectivity index (χ0n) is 11.9. The largest absolute Gasteiger partial charge is 0.396 e. The van der Waals surface area contributed by atoms with Crippen LogP contribution in [0.2, 0.25) is 10.0 Å². The Balaban J connectivity index is 2.12. The lowest BCUT2D eigenvalue weighted by atomic mass is 10.3. The summed E-state index contributed by atoms with van der Waals surface area (Å²) in [5, 5.41) is 19.2. The highest BCUT2D eigenvalue weighted by molar-refractivity contribution is 6.35. The fourth-order valence-electron chi connectivity index (χ4n) is 1.87. The molecule has 8 heteroatoms. The number of benzene rings is 1. The third-order valence-corrected chi connectivity index (χ3v) is 3.43. The Morgan fingerprint density at radius 3 is 2.82 bits per heavy atom. The summed E-state index contributed by atoms with van der Waals surface area (Å²) >= 11 is 12.0. The van der Waals surface area contributed by atoms with Gasteiger partial charge in [0.2, 0.25) is 0 Å². The molecule has 0 saturated heterocycles. The molecule has 3 N–H and O–H groups in total. The van der Waals surface area contributed by atoms with Crippen molar-refractivity contribution in [2.45, 2.75) is 13.3 Å². The quantitative estimate of drug-likeness (QED) is 0.730. The second-order valence-corrected chi connectivity index (χ2v) is 5.48. The molecule has 0 saturated carbocycles. The van der Waals surface area contributed by atoms with Crippen LogP contribution < -0.4 is 10.6 Å². The van der Waals surface area contributed by atoms with E-state index < -0.39 is 0 Å². The minimum Gasteiger partial charge on any atom is -0.396 e. The van der Waals surface area contributed by atoms with Crippen LogP contribution in [0.4, 0.5) is 10.6 Å². The number of nitrogens with zero attached hydrogens (tertiary/aromatic N) is 2. The minimum absolute atomic E-state index is 0.0308. The minimum atomic E-state index is -0.375. The molecule has 0 unspecified atom stereocenters. The molecule has 6 nitrogen and oxygen atoms in total. The second kappa shape index (κ2) is 7.49. The highest BCUT2D eigenvalue weighted by Crippen LogP contribution is 2.25. The van der Waals surface area contributed by atoms with E-state index in [1.807, 2.05) is 6.92 Å². The zero-order chi connectivity index (χ0) is 16.1. The number of anilines is 1. The molecule has 0 spiro atoms. The Hall–Kier alpha value is -1.76. The molecule has 118 valence electrons.